The molecule has 0 bridgehead atoms. The molecule has 0 aromatic rings. The van der Waals surface area contributed by atoms with Crippen molar-refractivity contribution in [1.29, 1.82) is 0 Å². The lowest BCUT2D eigenvalue weighted by Gasteiger charge is -2.39. The maximum atomic E-state index is 5.72. The van der Waals surface area contributed by atoms with Crippen LogP contribution in [0, 0.1) is 17.3 Å². The minimum absolute atomic E-state index is 0.622. The summed E-state index contributed by atoms with van der Waals surface area (Å²) in [5, 5.41) is 0. The largest absolute Gasteiger partial charge is 0.330 e. The normalized spacial score (nSPS) is 21.8. The molecule has 1 heterocycles. The number of hydrogen-bond donors (Lipinski definition) is 1. The fourth-order valence-electron chi connectivity index (χ4n) is 3.27. The molecule has 0 radical (unpaired) electrons. The average Bonchev–Trinajstić information content (AvgIpc) is 2.40. The molecule has 1 saturated heterocycles. The van der Waals surface area contributed by atoms with Crippen LogP contribution in [-0.2, 0) is 0 Å². The van der Waals surface area contributed by atoms with Gasteiger partial charge in [0.2, 0.25) is 0 Å². The summed E-state index contributed by atoms with van der Waals surface area (Å²) in [6.07, 6.45) is 8.03. The van der Waals surface area contributed by atoms with E-state index in [1.807, 2.05) is 0 Å². The third-order valence-corrected chi connectivity index (χ3v) is 5.45. The van der Waals surface area contributed by atoms with Gasteiger partial charge in [0, 0.05) is 0 Å². The van der Waals surface area contributed by atoms with Gasteiger partial charge in [-0.25, -0.2) is 0 Å². The maximum absolute atomic E-state index is 5.72. The van der Waals surface area contributed by atoms with E-state index in [0.717, 1.165) is 18.4 Å². The third-order valence-electron chi connectivity index (χ3n) is 5.45. The highest BCUT2D eigenvalue weighted by atomic mass is 15.1. The second-order valence-corrected chi connectivity index (χ2v) is 7.23. The van der Waals surface area contributed by atoms with Gasteiger partial charge in [-0.05, 0) is 75.5 Å². The summed E-state index contributed by atoms with van der Waals surface area (Å²) in [4.78, 5) is 2.68. The highest BCUT2D eigenvalue weighted by molar-refractivity contribution is 4.81. The van der Waals surface area contributed by atoms with E-state index in [2.05, 4.69) is 32.6 Å². The second-order valence-electron chi connectivity index (χ2n) is 7.23. The topological polar surface area (TPSA) is 29.3 Å². The van der Waals surface area contributed by atoms with Crippen molar-refractivity contribution in [2.75, 3.05) is 26.2 Å². The van der Waals surface area contributed by atoms with E-state index in [1.54, 1.807) is 0 Å². The van der Waals surface area contributed by atoms with Crippen molar-refractivity contribution in [2.24, 2.45) is 23.0 Å². The van der Waals surface area contributed by atoms with E-state index < -0.39 is 0 Å². The first-order valence-corrected chi connectivity index (χ1v) is 8.43. The van der Waals surface area contributed by atoms with Crippen molar-refractivity contribution in [3.05, 3.63) is 0 Å². The molecule has 114 valence electrons. The van der Waals surface area contributed by atoms with E-state index >= 15 is 0 Å². The molecule has 0 saturated carbocycles. The molecule has 0 spiro atoms. The molecule has 1 unspecified atom stereocenters. The first-order valence-electron chi connectivity index (χ1n) is 8.43. The Morgan fingerprint density at radius 1 is 1.16 bits per heavy atom. The summed E-state index contributed by atoms with van der Waals surface area (Å²) in [5.41, 5.74) is 6.34. The Morgan fingerprint density at radius 3 is 2.26 bits per heavy atom. The highest BCUT2D eigenvalue weighted by Crippen LogP contribution is 2.34. The van der Waals surface area contributed by atoms with Crippen LogP contribution in [0.4, 0.5) is 0 Å². The lowest BCUT2D eigenvalue weighted by molar-refractivity contribution is 0.111. The van der Waals surface area contributed by atoms with Crippen LogP contribution in [0.15, 0.2) is 0 Å². The zero-order chi connectivity index (χ0) is 14.3. The van der Waals surface area contributed by atoms with Crippen LogP contribution in [0.3, 0.4) is 0 Å². The minimum Gasteiger partial charge on any atom is -0.330 e. The molecule has 1 aliphatic rings. The second kappa shape index (κ2) is 8.26. The van der Waals surface area contributed by atoms with Gasteiger partial charge in [0.25, 0.3) is 0 Å². The average molecular weight is 268 g/mol. The first kappa shape index (κ1) is 17.0. The van der Waals surface area contributed by atoms with Crippen LogP contribution in [0.1, 0.15) is 66.2 Å². The van der Waals surface area contributed by atoms with Crippen molar-refractivity contribution in [3.63, 3.8) is 0 Å². The van der Waals surface area contributed by atoms with Gasteiger partial charge in [0.15, 0.2) is 0 Å². The van der Waals surface area contributed by atoms with Gasteiger partial charge >= 0.3 is 0 Å². The lowest BCUT2D eigenvalue weighted by atomic mass is 9.78. The van der Waals surface area contributed by atoms with Crippen molar-refractivity contribution >= 4 is 0 Å². The quantitative estimate of drug-likeness (QED) is 0.723. The fraction of sp³-hybridized carbons (Fsp3) is 1.00. The van der Waals surface area contributed by atoms with E-state index in [4.69, 9.17) is 5.73 Å². The van der Waals surface area contributed by atoms with Gasteiger partial charge < -0.3 is 10.6 Å². The zero-order valence-electron chi connectivity index (χ0n) is 13.8. The van der Waals surface area contributed by atoms with Gasteiger partial charge in [-0.15, -0.1) is 0 Å². The first-order chi connectivity index (χ1) is 9.00. The maximum Gasteiger partial charge on any atom is -0.00135 e. The Kier molecular flexibility index (Phi) is 7.38. The molecule has 2 N–H and O–H groups in total. The SMILES string of the molecule is CCC1(C)CCN(CCCC(CCN)C(C)C)CC1. The van der Waals surface area contributed by atoms with Crippen LogP contribution in [-0.4, -0.2) is 31.1 Å². The molecule has 0 aliphatic carbocycles. The summed E-state index contributed by atoms with van der Waals surface area (Å²) >= 11 is 0. The molecule has 0 aromatic carbocycles. The fourth-order valence-corrected chi connectivity index (χ4v) is 3.27. The molecule has 0 amide bonds. The van der Waals surface area contributed by atoms with Crippen molar-refractivity contribution in [3.8, 4) is 0 Å². The Labute approximate surface area is 121 Å². The zero-order valence-corrected chi connectivity index (χ0v) is 13.8. The predicted octanol–water partition coefficient (Wildman–Crippen LogP) is 3.90. The Morgan fingerprint density at radius 2 is 1.79 bits per heavy atom. The number of likely N-dealkylation sites (tertiary alicyclic amines) is 1. The summed E-state index contributed by atoms with van der Waals surface area (Å²) in [6.45, 7) is 14.3. The standard InChI is InChI=1S/C17H36N2/c1-5-17(4)9-13-19(14-10-17)12-6-7-16(8-11-18)15(2)3/h15-16H,5-14,18H2,1-4H3. The van der Waals surface area contributed by atoms with Crippen molar-refractivity contribution in [1.82, 2.24) is 4.90 Å². The molecular weight excluding hydrogens is 232 g/mol. The molecule has 1 atom stereocenters. The van der Waals surface area contributed by atoms with Gasteiger partial charge in [-0.1, -0.05) is 34.1 Å². The number of nitrogens with zero attached hydrogens (tertiary/aromatic N) is 1. The molecule has 2 nitrogen and oxygen atoms in total. The van der Waals surface area contributed by atoms with Crippen LogP contribution >= 0.6 is 0 Å². The summed E-state index contributed by atoms with van der Waals surface area (Å²) in [7, 11) is 0. The van der Waals surface area contributed by atoms with E-state index in [1.165, 1.54) is 58.2 Å². The highest BCUT2D eigenvalue weighted by Gasteiger charge is 2.27. The monoisotopic (exact) mass is 268 g/mol. The van der Waals surface area contributed by atoms with Crippen molar-refractivity contribution in [2.45, 2.75) is 66.2 Å². The van der Waals surface area contributed by atoms with E-state index in [9.17, 15) is 0 Å². The Bertz CT molecular complexity index is 229. The molecule has 1 fully saturated rings. The number of rotatable bonds is 8. The van der Waals surface area contributed by atoms with E-state index in [0.29, 0.717) is 5.41 Å². The van der Waals surface area contributed by atoms with Crippen LogP contribution in [0.2, 0.25) is 0 Å². The molecule has 1 aliphatic heterocycles. The molecule has 1 rings (SSSR count). The summed E-state index contributed by atoms with van der Waals surface area (Å²) in [5.74, 6) is 1.61. The smallest absolute Gasteiger partial charge is 0.00135 e. The van der Waals surface area contributed by atoms with Gasteiger partial charge in [0.05, 0.1) is 0 Å². The molecule has 0 aromatic heterocycles. The number of nitrogens with two attached hydrogens (primary N) is 1. The summed E-state index contributed by atoms with van der Waals surface area (Å²) < 4.78 is 0. The van der Waals surface area contributed by atoms with Crippen LogP contribution in [0.5, 0.6) is 0 Å². The Hall–Kier alpha value is -0.0800. The molecule has 19 heavy (non-hydrogen) atoms. The third kappa shape index (κ3) is 5.83. The predicted molar refractivity (Wildman–Crippen MR) is 85.3 cm³/mol. The van der Waals surface area contributed by atoms with Crippen molar-refractivity contribution < 1.29 is 0 Å². The summed E-state index contributed by atoms with van der Waals surface area (Å²) in [6, 6.07) is 0. The van der Waals surface area contributed by atoms with Crippen LogP contribution < -0.4 is 5.73 Å². The Balaban J connectivity index is 2.20. The molecular formula is C17H36N2. The van der Waals surface area contributed by atoms with Gasteiger partial charge in [-0.3, -0.25) is 0 Å². The molecule has 2 heteroatoms. The van der Waals surface area contributed by atoms with Gasteiger partial charge in [-0.2, -0.15) is 0 Å². The lowest BCUT2D eigenvalue weighted by Crippen LogP contribution is -2.39. The van der Waals surface area contributed by atoms with Crippen LogP contribution in [0.25, 0.3) is 0 Å². The van der Waals surface area contributed by atoms with Gasteiger partial charge in [0.1, 0.15) is 0 Å². The number of piperidine rings is 1. The minimum atomic E-state index is 0.622. The van der Waals surface area contributed by atoms with E-state index in [-0.39, 0.29) is 0 Å². The number of hydrogen-bond acceptors (Lipinski definition) is 2.